The fourth-order valence-corrected chi connectivity index (χ4v) is 3.41. The van der Waals surface area contributed by atoms with Gasteiger partial charge in [0.2, 0.25) is 11.6 Å². The van der Waals surface area contributed by atoms with Crippen molar-refractivity contribution in [1.82, 2.24) is 9.13 Å². The Bertz CT molecular complexity index is 1330. The van der Waals surface area contributed by atoms with Gasteiger partial charge in [-0.3, -0.25) is 13.9 Å². The summed E-state index contributed by atoms with van der Waals surface area (Å²) in [6, 6.07) is 24.6. The molecule has 1 aromatic heterocycles. The van der Waals surface area contributed by atoms with Gasteiger partial charge >= 0.3 is 0 Å². The Morgan fingerprint density at radius 2 is 1.30 bits per heavy atom. The summed E-state index contributed by atoms with van der Waals surface area (Å²) >= 11 is 11.5. The average molecular weight is 435 g/mol. The maximum atomic E-state index is 13.2. The van der Waals surface area contributed by atoms with Crippen molar-refractivity contribution in [3.63, 3.8) is 0 Å². The van der Waals surface area contributed by atoms with E-state index < -0.39 is 5.56 Å². The Morgan fingerprint density at radius 1 is 0.767 bits per heavy atom. The van der Waals surface area contributed by atoms with Crippen LogP contribution in [0.15, 0.2) is 100.0 Å². The molecular formula is C22H15ClN4O2S. The van der Waals surface area contributed by atoms with E-state index >= 15 is 0 Å². The zero-order valence-electron chi connectivity index (χ0n) is 15.5. The first-order valence-corrected chi connectivity index (χ1v) is 9.74. The highest BCUT2D eigenvalue weighted by atomic mass is 35.5. The van der Waals surface area contributed by atoms with Crippen molar-refractivity contribution < 1.29 is 5.11 Å². The van der Waals surface area contributed by atoms with Gasteiger partial charge in [0.05, 0.1) is 17.1 Å². The van der Waals surface area contributed by atoms with Crippen LogP contribution in [0.5, 0.6) is 5.88 Å². The number of halogens is 1. The molecule has 0 saturated heterocycles. The number of benzene rings is 3. The van der Waals surface area contributed by atoms with E-state index in [0.29, 0.717) is 22.1 Å². The molecule has 0 unspecified atom stereocenters. The molecule has 148 valence electrons. The SMILES string of the molecule is O=c1c(N=Nc2ccc(Cl)cc2)c(O)n(-c2ccccc2)c(=S)n1-c1ccccc1. The molecule has 1 N–H and O–H groups in total. The van der Waals surface area contributed by atoms with Crippen molar-refractivity contribution in [1.29, 1.82) is 0 Å². The van der Waals surface area contributed by atoms with Crippen LogP contribution in [0.4, 0.5) is 11.4 Å². The van der Waals surface area contributed by atoms with E-state index in [1.165, 1.54) is 9.13 Å². The molecule has 0 fully saturated rings. The number of aromatic hydroxyl groups is 1. The van der Waals surface area contributed by atoms with Crippen LogP contribution in [0.25, 0.3) is 11.4 Å². The molecule has 0 aliphatic rings. The maximum absolute atomic E-state index is 13.2. The Balaban J connectivity index is 1.99. The molecule has 0 spiro atoms. The molecule has 8 heteroatoms. The topological polar surface area (TPSA) is 71.9 Å². The average Bonchev–Trinajstić information content (AvgIpc) is 2.76. The summed E-state index contributed by atoms with van der Waals surface area (Å²) in [5.41, 5.74) is 0.825. The van der Waals surface area contributed by atoms with E-state index in [1.807, 2.05) is 24.3 Å². The predicted molar refractivity (Wildman–Crippen MR) is 119 cm³/mol. The largest absolute Gasteiger partial charge is 0.492 e. The number of nitrogens with zero attached hydrogens (tertiary/aromatic N) is 4. The Hall–Kier alpha value is -3.55. The summed E-state index contributed by atoms with van der Waals surface area (Å²) in [6.45, 7) is 0. The molecule has 0 atom stereocenters. The Morgan fingerprint density at radius 3 is 1.87 bits per heavy atom. The highest BCUT2D eigenvalue weighted by Crippen LogP contribution is 2.29. The van der Waals surface area contributed by atoms with E-state index in [9.17, 15) is 9.90 Å². The zero-order valence-corrected chi connectivity index (χ0v) is 17.1. The molecule has 1 heterocycles. The second kappa shape index (κ2) is 8.44. The van der Waals surface area contributed by atoms with Gasteiger partial charge in [-0.1, -0.05) is 48.0 Å². The van der Waals surface area contributed by atoms with Gasteiger partial charge in [0.1, 0.15) is 0 Å². The first-order chi connectivity index (χ1) is 14.6. The van der Waals surface area contributed by atoms with Crippen molar-refractivity contribution in [2.75, 3.05) is 0 Å². The Kier molecular flexibility index (Phi) is 5.56. The van der Waals surface area contributed by atoms with Gasteiger partial charge in [-0.25, -0.2) is 0 Å². The smallest absolute Gasteiger partial charge is 0.290 e. The third-order valence-electron chi connectivity index (χ3n) is 4.33. The van der Waals surface area contributed by atoms with Crippen molar-refractivity contribution in [3.8, 4) is 17.3 Å². The van der Waals surface area contributed by atoms with Crippen molar-refractivity contribution in [2.24, 2.45) is 10.2 Å². The fraction of sp³-hybridized carbons (Fsp3) is 0. The van der Waals surface area contributed by atoms with Gasteiger partial charge < -0.3 is 5.11 Å². The summed E-state index contributed by atoms with van der Waals surface area (Å²) in [5.74, 6) is -0.388. The highest BCUT2D eigenvalue weighted by molar-refractivity contribution is 7.71. The summed E-state index contributed by atoms with van der Waals surface area (Å²) in [7, 11) is 0. The van der Waals surface area contributed by atoms with Gasteiger partial charge in [0.25, 0.3) is 5.56 Å². The van der Waals surface area contributed by atoms with E-state index in [2.05, 4.69) is 10.2 Å². The third-order valence-corrected chi connectivity index (χ3v) is 4.95. The van der Waals surface area contributed by atoms with Crippen LogP contribution < -0.4 is 5.56 Å². The molecule has 6 nitrogen and oxygen atoms in total. The van der Waals surface area contributed by atoms with Crippen LogP contribution in [0, 0.1) is 4.77 Å². The highest BCUT2D eigenvalue weighted by Gasteiger charge is 2.19. The number of azo groups is 1. The maximum Gasteiger partial charge on any atom is 0.290 e. The van der Waals surface area contributed by atoms with Crippen LogP contribution >= 0.6 is 23.8 Å². The summed E-state index contributed by atoms with van der Waals surface area (Å²) < 4.78 is 2.82. The monoisotopic (exact) mass is 434 g/mol. The van der Waals surface area contributed by atoms with Gasteiger partial charge in [-0.05, 0) is 60.7 Å². The van der Waals surface area contributed by atoms with E-state index in [4.69, 9.17) is 23.8 Å². The van der Waals surface area contributed by atoms with Crippen LogP contribution in [-0.4, -0.2) is 14.2 Å². The van der Waals surface area contributed by atoms with Crippen molar-refractivity contribution in [3.05, 3.63) is 105 Å². The molecule has 0 saturated carbocycles. The molecule has 0 radical (unpaired) electrons. The van der Waals surface area contributed by atoms with Crippen LogP contribution in [-0.2, 0) is 0 Å². The lowest BCUT2D eigenvalue weighted by Gasteiger charge is -2.15. The molecule has 4 rings (SSSR count). The minimum absolute atomic E-state index is 0.111. The number of aromatic nitrogens is 2. The quantitative estimate of drug-likeness (QED) is 0.310. The zero-order chi connectivity index (χ0) is 21.1. The lowest BCUT2D eigenvalue weighted by molar-refractivity contribution is 0.432. The number of hydrogen-bond acceptors (Lipinski definition) is 5. The predicted octanol–water partition coefficient (Wildman–Crippen LogP) is 6.13. The van der Waals surface area contributed by atoms with Gasteiger partial charge in [-0.15, -0.1) is 5.11 Å². The van der Waals surface area contributed by atoms with Crippen LogP contribution in [0.3, 0.4) is 0 Å². The number of hydrogen-bond donors (Lipinski definition) is 1. The molecule has 0 aliphatic heterocycles. The molecule has 4 aromatic rings. The molecule has 0 amide bonds. The number of para-hydroxylation sites is 2. The van der Waals surface area contributed by atoms with Crippen LogP contribution in [0.1, 0.15) is 0 Å². The second-order valence-electron chi connectivity index (χ2n) is 6.28. The van der Waals surface area contributed by atoms with E-state index in [0.717, 1.165) is 0 Å². The van der Waals surface area contributed by atoms with E-state index in [1.54, 1.807) is 60.7 Å². The van der Waals surface area contributed by atoms with Crippen molar-refractivity contribution in [2.45, 2.75) is 0 Å². The standard InChI is InChI=1S/C22H15ClN4O2S/c23-15-11-13-16(14-12-15)24-25-19-20(28)26(17-7-3-1-4-8-17)22(30)27(21(19)29)18-9-5-2-6-10-18/h1-14,28H. The normalized spacial score (nSPS) is 11.1. The lowest BCUT2D eigenvalue weighted by Crippen LogP contribution is -2.23. The summed E-state index contributed by atoms with van der Waals surface area (Å²) in [6.07, 6.45) is 0. The lowest BCUT2D eigenvalue weighted by atomic mass is 10.3. The first-order valence-electron chi connectivity index (χ1n) is 8.95. The molecular weight excluding hydrogens is 420 g/mol. The number of rotatable bonds is 4. The third kappa shape index (κ3) is 3.80. The first kappa shape index (κ1) is 19.8. The van der Waals surface area contributed by atoms with Gasteiger partial charge in [0, 0.05) is 5.02 Å². The van der Waals surface area contributed by atoms with E-state index in [-0.39, 0.29) is 16.3 Å². The minimum Gasteiger partial charge on any atom is -0.492 e. The molecule has 0 aliphatic carbocycles. The van der Waals surface area contributed by atoms with Gasteiger partial charge in [0.15, 0.2) is 4.77 Å². The van der Waals surface area contributed by atoms with Crippen LogP contribution in [0.2, 0.25) is 5.02 Å². The molecule has 30 heavy (non-hydrogen) atoms. The molecule has 3 aromatic carbocycles. The summed E-state index contributed by atoms with van der Waals surface area (Å²) in [4.78, 5) is 13.2. The fourth-order valence-electron chi connectivity index (χ4n) is 2.90. The second-order valence-corrected chi connectivity index (χ2v) is 7.08. The van der Waals surface area contributed by atoms with Crippen molar-refractivity contribution >= 4 is 35.2 Å². The Labute approximate surface area is 182 Å². The molecule has 0 bridgehead atoms. The van der Waals surface area contributed by atoms with Gasteiger partial charge in [-0.2, -0.15) is 5.11 Å². The summed E-state index contributed by atoms with van der Waals surface area (Å²) in [5, 5.41) is 19.6. The minimum atomic E-state index is -0.575.